The molecule has 2 N–H and O–H groups in total. The van der Waals surface area contributed by atoms with Gasteiger partial charge in [-0.25, -0.2) is 0 Å². The van der Waals surface area contributed by atoms with E-state index in [9.17, 15) is 0 Å². The molecule has 0 rings (SSSR count). The molecule has 0 radical (unpaired) electrons. The summed E-state index contributed by atoms with van der Waals surface area (Å²) < 4.78 is 5.22. The van der Waals surface area contributed by atoms with E-state index in [2.05, 4.69) is 13.2 Å². The summed E-state index contributed by atoms with van der Waals surface area (Å²) in [7, 11) is 0. The summed E-state index contributed by atoms with van der Waals surface area (Å²) in [5.41, 5.74) is 5.79. The van der Waals surface area contributed by atoms with Crippen molar-refractivity contribution in [3.05, 3.63) is 36.8 Å². The number of nitrogens with two attached hydrogens (primary N) is 1. The number of hydrogen-bond acceptors (Lipinski definition) is 2. The quantitative estimate of drug-likeness (QED) is 0.495. The zero-order chi connectivity index (χ0) is 8.85. The van der Waals surface area contributed by atoms with Gasteiger partial charge in [-0.1, -0.05) is 13.2 Å². The van der Waals surface area contributed by atoms with Crippen LogP contribution in [0.2, 0.25) is 0 Å². The zero-order valence-electron chi connectivity index (χ0n) is 7.13. The Morgan fingerprint density at radius 1 is 1.36 bits per heavy atom. The Labute approximate surface area is 68.0 Å². The average molecular weight is 153 g/mol. The summed E-state index contributed by atoms with van der Waals surface area (Å²) in [6.07, 6.45) is 3.51. The summed E-state index contributed by atoms with van der Waals surface area (Å²) in [4.78, 5) is 0. The molecule has 0 aromatic carbocycles. The van der Waals surface area contributed by atoms with Crippen LogP contribution in [0.4, 0.5) is 0 Å². The van der Waals surface area contributed by atoms with Gasteiger partial charge in [0.25, 0.3) is 0 Å². The molecule has 0 aromatic heterocycles. The van der Waals surface area contributed by atoms with Gasteiger partial charge in [-0.2, -0.15) is 0 Å². The normalized spacial score (nSPS) is 10.5. The predicted molar refractivity (Wildman–Crippen MR) is 47.8 cm³/mol. The van der Waals surface area contributed by atoms with Crippen molar-refractivity contribution in [3.63, 3.8) is 0 Å². The molecule has 0 saturated heterocycles. The van der Waals surface area contributed by atoms with E-state index in [-0.39, 0.29) is 6.10 Å². The van der Waals surface area contributed by atoms with Crippen molar-refractivity contribution in [2.45, 2.75) is 20.0 Å². The Morgan fingerprint density at radius 2 is 1.91 bits per heavy atom. The smallest absolute Gasteiger partial charge is 0.112 e. The molecular weight excluding hydrogens is 138 g/mol. The Kier molecular flexibility index (Phi) is 4.11. The molecule has 0 aromatic rings. The molecule has 0 aliphatic rings. The SMILES string of the molecule is C=C(N)/C=C\C(=C)OC(C)C. The van der Waals surface area contributed by atoms with Crippen LogP contribution in [0.1, 0.15) is 13.8 Å². The van der Waals surface area contributed by atoms with Crippen LogP contribution in [0, 0.1) is 0 Å². The van der Waals surface area contributed by atoms with Crippen LogP contribution in [0.3, 0.4) is 0 Å². The third-order valence-corrected chi connectivity index (χ3v) is 0.870. The highest BCUT2D eigenvalue weighted by Gasteiger charge is 1.92. The lowest BCUT2D eigenvalue weighted by molar-refractivity contribution is 0.159. The van der Waals surface area contributed by atoms with Gasteiger partial charge in [0, 0.05) is 5.70 Å². The molecule has 0 saturated carbocycles. The molecule has 0 bridgehead atoms. The highest BCUT2D eigenvalue weighted by molar-refractivity contribution is 5.18. The average Bonchev–Trinajstić information content (AvgIpc) is 1.82. The summed E-state index contributed by atoms with van der Waals surface area (Å²) in [5.74, 6) is 0.603. The Hall–Kier alpha value is -1.18. The molecule has 2 nitrogen and oxygen atoms in total. The van der Waals surface area contributed by atoms with E-state index in [0.29, 0.717) is 11.5 Å². The van der Waals surface area contributed by atoms with Crippen molar-refractivity contribution < 1.29 is 4.74 Å². The molecule has 0 aliphatic heterocycles. The monoisotopic (exact) mass is 153 g/mol. The van der Waals surface area contributed by atoms with Gasteiger partial charge in [0.1, 0.15) is 5.76 Å². The molecular formula is C9H15NO. The lowest BCUT2D eigenvalue weighted by Gasteiger charge is -2.08. The van der Waals surface area contributed by atoms with Crippen molar-refractivity contribution >= 4 is 0 Å². The van der Waals surface area contributed by atoms with Gasteiger partial charge >= 0.3 is 0 Å². The Bertz CT molecular complexity index is 180. The van der Waals surface area contributed by atoms with Gasteiger partial charge in [0.05, 0.1) is 6.10 Å². The molecule has 0 unspecified atom stereocenters. The van der Waals surface area contributed by atoms with Gasteiger partial charge in [0.15, 0.2) is 0 Å². The second-order valence-corrected chi connectivity index (χ2v) is 2.54. The van der Waals surface area contributed by atoms with E-state index in [0.717, 1.165) is 0 Å². The highest BCUT2D eigenvalue weighted by atomic mass is 16.5. The van der Waals surface area contributed by atoms with Crippen molar-refractivity contribution in [1.29, 1.82) is 0 Å². The third-order valence-electron chi connectivity index (χ3n) is 0.870. The molecule has 0 fully saturated rings. The van der Waals surface area contributed by atoms with Crippen LogP contribution >= 0.6 is 0 Å². The minimum Gasteiger partial charge on any atom is -0.492 e. The fourth-order valence-corrected chi connectivity index (χ4v) is 0.542. The van der Waals surface area contributed by atoms with Crippen molar-refractivity contribution in [1.82, 2.24) is 0 Å². The van der Waals surface area contributed by atoms with Crippen molar-refractivity contribution in [2.24, 2.45) is 5.73 Å². The number of ether oxygens (including phenoxy) is 1. The fraction of sp³-hybridized carbons (Fsp3) is 0.333. The third kappa shape index (κ3) is 6.71. The van der Waals surface area contributed by atoms with Crippen LogP contribution < -0.4 is 5.73 Å². The van der Waals surface area contributed by atoms with Gasteiger partial charge in [-0.15, -0.1) is 0 Å². The first-order valence-corrected chi connectivity index (χ1v) is 3.50. The van der Waals surface area contributed by atoms with Crippen LogP contribution in [0.15, 0.2) is 36.8 Å². The second kappa shape index (κ2) is 4.61. The Morgan fingerprint density at radius 3 is 2.27 bits per heavy atom. The lowest BCUT2D eigenvalue weighted by atomic mass is 10.4. The number of allylic oxidation sites excluding steroid dienone is 2. The van der Waals surface area contributed by atoms with Crippen LogP contribution in [0.5, 0.6) is 0 Å². The van der Waals surface area contributed by atoms with Gasteiger partial charge in [-0.05, 0) is 26.0 Å². The largest absolute Gasteiger partial charge is 0.492 e. The van der Waals surface area contributed by atoms with E-state index in [1.165, 1.54) is 0 Å². The maximum Gasteiger partial charge on any atom is 0.112 e. The molecule has 11 heavy (non-hydrogen) atoms. The van der Waals surface area contributed by atoms with E-state index < -0.39 is 0 Å². The van der Waals surface area contributed by atoms with E-state index in [1.807, 2.05) is 13.8 Å². The molecule has 0 spiro atoms. The molecule has 0 heterocycles. The van der Waals surface area contributed by atoms with Crippen LogP contribution in [-0.4, -0.2) is 6.10 Å². The predicted octanol–water partition coefficient (Wildman–Crippen LogP) is 1.95. The summed E-state index contributed by atoms with van der Waals surface area (Å²) >= 11 is 0. The minimum absolute atomic E-state index is 0.151. The van der Waals surface area contributed by atoms with E-state index in [1.54, 1.807) is 12.2 Å². The second-order valence-electron chi connectivity index (χ2n) is 2.54. The van der Waals surface area contributed by atoms with E-state index >= 15 is 0 Å². The molecule has 0 amide bonds. The van der Waals surface area contributed by atoms with E-state index in [4.69, 9.17) is 10.5 Å². The van der Waals surface area contributed by atoms with Crippen molar-refractivity contribution in [2.75, 3.05) is 0 Å². The first kappa shape index (κ1) is 9.82. The molecule has 62 valence electrons. The van der Waals surface area contributed by atoms with Crippen molar-refractivity contribution in [3.8, 4) is 0 Å². The molecule has 0 atom stereocenters. The summed E-state index contributed by atoms with van der Waals surface area (Å²) in [6, 6.07) is 0. The van der Waals surface area contributed by atoms with Gasteiger partial charge in [-0.3, -0.25) is 0 Å². The topological polar surface area (TPSA) is 35.2 Å². The number of rotatable bonds is 4. The fourth-order valence-electron chi connectivity index (χ4n) is 0.542. The molecule has 2 heteroatoms. The molecule has 0 aliphatic carbocycles. The maximum atomic E-state index is 5.29. The summed E-state index contributed by atoms with van der Waals surface area (Å²) in [5, 5.41) is 0. The minimum atomic E-state index is 0.151. The van der Waals surface area contributed by atoms with Crippen LogP contribution in [0.25, 0.3) is 0 Å². The highest BCUT2D eigenvalue weighted by Crippen LogP contribution is 2.01. The van der Waals surface area contributed by atoms with Gasteiger partial charge in [0.2, 0.25) is 0 Å². The zero-order valence-corrected chi connectivity index (χ0v) is 7.13. The van der Waals surface area contributed by atoms with Gasteiger partial charge < -0.3 is 10.5 Å². The Balaban J connectivity index is 3.78. The standard InChI is InChI=1S/C9H15NO/c1-7(2)11-9(4)6-5-8(3)10/h5-7H,3-4,10H2,1-2H3/b6-5-. The maximum absolute atomic E-state index is 5.29. The lowest BCUT2D eigenvalue weighted by Crippen LogP contribution is -1.99. The first-order chi connectivity index (χ1) is 5.02. The van der Waals surface area contributed by atoms with Crippen LogP contribution in [-0.2, 0) is 4.74 Å². The first-order valence-electron chi connectivity index (χ1n) is 3.50. The number of hydrogen-bond donors (Lipinski definition) is 1. The summed E-state index contributed by atoms with van der Waals surface area (Å²) in [6.45, 7) is 11.0.